The van der Waals surface area contributed by atoms with E-state index in [2.05, 4.69) is 32.0 Å². The van der Waals surface area contributed by atoms with Gasteiger partial charge in [0.2, 0.25) is 0 Å². The van der Waals surface area contributed by atoms with Crippen molar-refractivity contribution in [2.45, 2.75) is 51.7 Å². The maximum Gasteiger partial charge on any atom is 0.124 e. The second kappa shape index (κ2) is 4.88. The monoisotopic (exact) mass is 219 g/mol. The van der Waals surface area contributed by atoms with Crippen molar-refractivity contribution in [1.29, 1.82) is 0 Å². The van der Waals surface area contributed by atoms with Gasteiger partial charge in [-0.3, -0.25) is 0 Å². The summed E-state index contributed by atoms with van der Waals surface area (Å²) in [5.41, 5.74) is 8.79. The summed E-state index contributed by atoms with van der Waals surface area (Å²) >= 11 is 0. The molecule has 0 bridgehead atoms. The molecule has 0 aliphatic carbocycles. The Kier molecular flexibility index (Phi) is 3.49. The van der Waals surface area contributed by atoms with Crippen LogP contribution in [-0.4, -0.2) is 6.10 Å². The predicted octanol–water partition coefficient (Wildman–Crippen LogP) is 3.20. The summed E-state index contributed by atoms with van der Waals surface area (Å²) in [5.74, 6) is 0.991. The first-order valence-corrected chi connectivity index (χ1v) is 6.31. The Morgan fingerprint density at radius 2 is 2.06 bits per heavy atom. The second-order valence-electron chi connectivity index (χ2n) is 4.59. The molecule has 0 radical (unpaired) electrons. The van der Waals surface area contributed by atoms with Gasteiger partial charge in [0.1, 0.15) is 11.9 Å². The minimum Gasteiger partial charge on any atom is -0.488 e. The number of nitrogens with two attached hydrogens (primary N) is 1. The van der Waals surface area contributed by atoms with E-state index in [9.17, 15) is 0 Å². The van der Waals surface area contributed by atoms with Gasteiger partial charge in [0, 0.05) is 5.56 Å². The van der Waals surface area contributed by atoms with Crippen molar-refractivity contribution < 1.29 is 4.74 Å². The largest absolute Gasteiger partial charge is 0.488 e. The van der Waals surface area contributed by atoms with Crippen molar-refractivity contribution in [3.8, 4) is 5.75 Å². The molecule has 2 atom stereocenters. The average molecular weight is 219 g/mol. The average Bonchev–Trinajstić information content (AvgIpc) is 2.58. The Morgan fingerprint density at radius 3 is 2.75 bits per heavy atom. The molecule has 2 heteroatoms. The lowest BCUT2D eigenvalue weighted by atomic mass is 9.98. The molecule has 1 aliphatic heterocycles. The first kappa shape index (κ1) is 11.5. The van der Waals surface area contributed by atoms with E-state index in [4.69, 9.17) is 10.5 Å². The second-order valence-corrected chi connectivity index (χ2v) is 4.59. The molecule has 16 heavy (non-hydrogen) atoms. The summed E-state index contributed by atoms with van der Waals surface area (Å²) in [4.78, 5) is 0. The summed E-state index contributed by atoms with van der Waals surface area (Å²) in [6.45, 7) is 4.37. The van der Waals surface area contributed by atoms with Gasteiger partial charge in [0.15, 0.2) is 0 Å². The van der Waals surface area contributed by atoms with Crippen LogP contribution in [0.4, 0.5) is 0 Å². The first-order valence-electron chi connectivity index (χ1n) is 6.31. The molecule has 0 spiro atoms. The van der Waals surface area contributed by atoms with Gasteiger partial charge in [-0.15, -0.1) is 0 Å². The zero-order chi connectivity index (χ0) is 11.5. The fourth-order valence-corrected chi connectivity index (χ4v) is 2.37. The van der Waals surface area contributed by atoms with Gasteiger partial charge < -0.3 is 10.5 Å². The van der Waals surface area contributed by atoms with Crippen LogP contribution in [-0.2, 0) is 6.42 Å². The highest BCUT2D eigenvalue weighted by Gasteiger charge is 2.30. The number of ether oxygens (including phenoxy) is 1. The van der Waals surface area contributed by atoms with Crippen LogP contribution in [0, 0.1) is 0 Å². The highest BCUT2D eigenvalue weighted by atomic mass is 16.5. The summed E-state index contributed by atoms with van der Waals surface area (Å²) in [6.07, 6.45) is 4.63. The van der Waals surface area contributed by atoms with Crippen LogP contribution < -0.4 is 10.5 Å². The predicted molar refractivity (Wildman–Crippen MR) is 66.7 cm³/mol. The Labute approximate surface area is 97.8 Å². The smallest absolute Gasteiger partial charge is 0.124 e. The van der Waals surface area contributed by atoms with Crippen LogP contribution >= 0.6 is 0 Å². The van der Waals surface area contributed by atoms with Crippen LogP contribution in [0.15, 0.2) is 18.2 Å². The molecule has 2 N–H and O–H groups in total. The fourth-order valence-electron chi connectivity index (χ4n) is 2.37. The van der Waals surface area contributed by atoms with Gasteiger partial charge in [-0.2, -0.15) is 0 Å². The van der Waals surface area contributed by atoms with Crippen LogP contribution in [0.3, 0.4) is 0 Å². The zero-order valence-corrected chi connectivity index (χ0v) is 10.2. The van der Waals surface area contributed by atoms with Gasteiger partial charge in [-0.25, -0.2) is 0 Å². The molecule has 88 valence electrons. The van der Waals surface area contributed by atoms with Gasteiger partial charge >= 0.3 is 0 Å². The fraction of sp³-hybridized carbons (Fsp3) is 0.571. The number of fused-ring (bicyclic) bond motifs is 1. The number of hydrogen-bond acceptors (Lipinski definition) is 2. The third-order valence-corrected chi connectivity index (χ3v) is 3.22. The third kappa shape index (κ3) is 2.07. The molecule has 0 fully saturated rings. The van der Waals surface area contributed by atoms with E-state index < -0.39 is 0 Å². The standard InChI is InChI=1S/C14H21NO/c1-3-5-10-7-8-12-11(9-10)14(15)13(16-12)6-4-2/h7-9,13-14H,3-6,15H2,1-2H3. The van der Waals surface area contributed by atoms with Gasteiger partial charge in [0.05, 0.1) is 6.04 Å². The molecule has 0 saturated heterocycles. The van der Waals surface area contributed by atoms with E-state index in [1.54, 1.807) is 0 Å². The molecule has 0 saturated carbocycles. The lowest BCUT2D eigenvalue weighted by Gasteiger charge is -2.13. The Bertz CT molecular complexity index is 362. The van der Waals surface area contributed by atoms with Crippen LogP contribution in [0.1, 0.15) is 50.3 Å². The molecule has 1 aliphatic rings. The molecule has 2 unspecified atom stereocenters. The van der Waals surface area contributed by atoms with E-state index in [-0.39, 0.29) is 12.1 Å². The number of rotatable bonds is 4. The van der Waals surface area contributed by atoms with E-state index in [1.165, 1.54) is 17.5 Å². The SMILES string of the molecule is CCCc1ccc2c(c1)C(N)C(CCC)O2. The van der Waals surface area contributed by atoms with Crippen LogP contribution in [0.5, 0.6) is 5.75 Å². The molecule has 0 aromatic heterocycles. The minimum absolute atomic E-state index is 0.0618. The first-order chi connectivity index (χ1) is 7.76. The van der Waals surface area contributed by atoms with E-state index in [1.807, 2.05) is 0 Å². The Hall–Kier alpha value is -1.02. The molecular formula is C14H21NO. The molecule has 1 aromatic carbocycles. The number of aryl methyl sites for hydroxylation is 1. The van der Waals surface area contributed by atoms with E-state index >= 15 is 0 Å². The van der Waals surface area contributed by atoms with Gasteiger partial charge in [-0.05, 0) is 24.5 Å². The van der Waals surface area contributed by atoms with E-state index in [0.29, 0.717) is 0 Å². The zero-order valence-electron chi connectivity index (χ0n) is 10.2. The Morgan fingerprint density at radius 1 is 1.25 bits per heavy atom. The summed E-state index contributed by atoms with van der Waals surface area (Å²) in [5, 5.41) is 0. The van der Waals surface area contributed by atoms with Gasteiger partial charge in [0.25, 0.3) is 0 Å². The third-order valence-electron chi connectivity index (χ3n) is 3.22. The molecule has 1 heterocycles. The molecule has 1 aromatic rings. The van der Waals surface area contributed by atoms with E-state index in [0.717, 1.165) is 25.0 Å². The van der Waals surface area contributed by atoms with Gasteiger partial charge in [-0.1, -0.05) is 38.8 Å². The summed E-state index contributed by atoms with van der Waals surface area (Å²) < 4.78 is 5.87. The van der Waals surface area contributed by atoms with Crippen molar-refractivity contribution >= 4 is 0 Å². The topological polar surface area (TPSA) is 35.2 Å². The van der Waals surface area contributed by atoms with Crippen molar-refractivity contribution in [2.75, 3.05) is 0 Å². The summed E-state index contributed by atoms with van der Waals surface area (Å²) in [6, 6.07) is 6.52. The normalized spacial score (nSPS) is 22.9. The number of hydrogen-bond donors (Lipinski definition) is 1. The maximum atomic E-state index is 6.22. The Balaban J connectivity index is 2.20. The maximum absolute atomic E-state index is 6.22. The molecule has 2 nitrogen and oxygen atoms in total. The van der Waals surface area contributed by atoms with Crippen LogP contribution in [0.2, 0.25) is 0 Å². The van der Waals surface area contributed by atoms with Crippen LogP contribution in [0.25, 0.3) is 0 Å². The lowest BCUT2D eigenvalue weighted by Crippen LogP contribution is -2.24. The van der Waals surface area contributed by atoms with Crippen molar-refractivity contribution in [3.05, 3.63) is 29.3 Å². The van der Waals surface area contributed by atoms with Crippen molar-refractivity contribution in [3.63, 3.8) is 0 Å². The molecule has 2 rings (SSSR count). The molecular weight excluding hydrogens is 198 g/mol. The minimum atomic E-state index is 0.0618. The molecule has 0 amide bonds. The highest BCUT2D eigenvalue weighted by Crippen LogP contribution is 2.37. The van der Waals surface area contributed by atoms with Crippen molar-refractivity contribution in [1.82, 2.24) is 0 Å². The summed E-state index contributed by atoms with van der Waals surface area (Å²) in [7, 11) is 0. The number of benzene rings is 1. The quantitative estimate of drug-likeness (QED) is 0.844. The lowest BCUT2D eigenvalue weighted by molar-refractivity contribution is 0.195. The van der Waals surface area contributed by atoms with Crippen molar-refractivity contribution in [2.24, 2.45) is 5.73 Å². The highest BCUT2D eigenvalue weighted by molar-refractivity contribution is 5.43.